The van der Waals surface area contributed by atoms with Gasteiger partial charge in [0, 0.05) is 12.6 Å². The Morgan fingerprint density at radius 3 is 2.47 bits per heavy atom. The van der Waals surface area contributed by atoms with Gasteiger partial charge in [-0.2, -0.15) is 0 Å². The zero-order chi connectivity index (χ0) is 11.3. The van der Waals surface area contributed by atoms with Crippen LogP contribution in [0.25, 0.3) is 0 Å². The summed E-state index contributed by atoms with van der Waals surface area (Å²) in [5, 5.41) is 8.34. The van der Waals surface area contributed by atoms with E-state index in [1.54, 1.807) is 12.1 Å². The van der Waals surface area contributed by atoms with Crippen molar-refractivity contribution in [2.45, 2.75) is 12.8 Å². The summed E-state index contributed by atoms with van der Waals surface area (Å²) >= 11 is 0. The molecule has 1 aromatic rings. The molecule has 0 aliphatic rings. The van der Waals surface area contributed by atoms with Crippen LogP contribution >= 0.6 is 0 Å². The highest BCUT2D eigenvalue weighted by atomic mass is 16.4. The molecule has 0 radical (unpaired) electrons. The van der Waals surface area contributed by atoms with E-state index in [2.05, 4.69) is 4.98 Å². The lowest BCUT2D eigenvalue weighted by Gasteiger charge is -1.97. The monoisotopic (exact) mass is 207 g/mol. The fourth-order valence-corrected chi connectivity index (χ4v) is 0.974. The first kappa shape index (κ1) is 11.0. The van der Waals surface area contributed by atoms with Gasteiger partial charge < -0.3 is 5.11 Å². The molecule has 1 heterocycles. The van der Waals surface area contributed by atoms with Crippen molar-refractivity contribution < 1.29 is 19.5 Å². The van der Waals surface area contributed by atoms with Crippen LogP contribution in [-0.4, -0.2) is 27.6 Å². The number of carboxylic acids is 1. The quantitative estimate of drug-likeness (QED) is 0.567. The number of nitrogens with zero attached hydrogens (tertiary/aromatic N) is 1. The minimum absolute atomic E-state index is 0.0490. The smallest absolute Gasteiger partial charge is 0.303 e. The van der Waals surface area contributed by atoms with Gasteiger partial charge in [0.1, 0.15) is 5.69 Å². The van der Waals surface area contributed by atoms with Gasteiger partial charge in [-0.05, 0) is 12.1 Å². The summed E-state index contributed by atoms with van der Waals surface area (Å²) in [6.07, 6.45) is 0.778. The second-order valence-corrected chi connectivity index (χ2v) is 2.86. The minimum atomic E-state index is -1.10. The highest BCUT2D eigenvalue weighted by molar-refractivity contribution is 6.43. The van der Waals surface area contributed by atoms with Crippen molar-refractivity contribution in [3.05, 3.63) is 30.1 Å². The summed E-state index contributed by atoms with van der Waals surface area (Å²) in [6, 6.07) is 4.63. The Hall–Kier alpha value is -2.04. The third-order valence-corrected chi connectivity index (χ3v) is 1.72. The van der Waals surface area contributed by atoms with Crippen LogP contribution in [0.5, 0.6) is 0 Å². The molecule has 1 N–H and O–H groups in total. The summed E-state index contributed by atoms with van der Waals surface area (Å²) in [5.74, 6) is -2.56. The summed E-state index contributed by atoms with van der Waals surface area (Å²) in [5.41, 5.74) is 0.0490. The first-order valence-electron chi connectivity index (χ1n) is 4.31. The Kier molecular flexibility index (Phi) is 3.68. The van der Waals surface area contributed by atoms with E-state index < -0.39 is 17.5 Å². The maximum atomic E-state index is 11.4. The molecule has 5 nitrogen and oxygen atoms in total. The van der Waals surface area contributed by atoms with Crippen LogP contribution < -0.4 is 0 Å². The first-order chi connectivity index (χ1) is 7.11. The van der Waals surface area contributed by atoms with E-state index in [0.717, 1.165) is 0 Å². The summed E-state index contributed by atoms with van der Waals surface area (Å²) in [7, 11) is 0. The van der Waals surface area contributed by atoms with Crippen LogP contribution in [0, 0.1) is 0 Å². The third kappa shape index (κ3) is 3.30. The van der Waals surface area contributed by atoms with E-state index in [9.17, 15) is 14.4 Å². The van der Waals surface area contributed by atoms with Crippen molar-refractivity contribution >= 4 is 17.5 Å². The van der Waals surface area contributed by atoms with Gasteiger partial charge >= 0.3 is 5.97 Å². The lowest BCUT2D eigenvalue weighted by Crippen LogP contribution is -2.16. The molecule has 0 aliphatic carbocycles. The van der Waals surface area contributed by atoms with Crippen LogP contribution in [0.1, 0.15) is 23.3 Å². The van der Waals surface area contributed by atoms with Crippen LogP contribution in [0.3, 0.4) is 0 Å². The number of hydrogen-bond acceptors (Lipinski definition) is 4. The van der Waals surface area contributed by atoms with Gasteiger partial charge in [0.2, 0.25) is 11.6 Å². The lowest BCUT2D eigenvalue weighted by atomic mass is 10.1. The molecule has 0 unspecified atom stereocenters. The van der Waals surface area contributed by atoms with Gasteiger partial charge in [-0.1, -0.05) is 6.07 Å². The molecule has 0 aliphatic heterocycles. The largest absolute Gasteiger partial charge is 0.481 e. The van der Waals surface area contributed by atoms with Crippen LogP contribution in [0.15, 0.2) is 24.4 Å². The number of carbonyl (C=O) groups is 3. The van der Waals surface area contributed by atoms with Gasteiger partial charge in [0.25, 0.3) is 0 Å². The molecule has 0 saturated carbocycles. The molecule has 0 atom stereocenters. The van der Waals surface area contributed by atoms with Crippen LogP contribution in [0.2, 0.25) is 0 Å². The minimum Gasteiger partial charge on any atom is -0.481 e. The maximum absolute atomic E-state index is 11.4. The first-order valence-corrected chi connectivity index (χ1v) is 4.31. The highest BCUT2D eigenvalue weighted by Gasteiger charge is 2.17. The van der Waals surface area contributed by atoms with Crippen molar-refractivity contribution in [3.63, 3.8) is 0 Å². The predicted octanol–water partition coefficient (Wildman–Crippen LogP) is 0.698. The number of Topliss-reactive ketones (excluding diaryl/α,β-unsaturated/α-hetero) is 2. The van der Waals surface area contributed by atoms with E-state index in [-0.39, 0.29) is 18.5 Å². The average molecular weight is 207 g/mol. The van der Waals surface area contributed by atoms with Crippen molar-refractivity contribution in [1.29, 1.82) is 0 Å². The molecule has 0 bridgehead atoms. The van der Waals surface area contributed by atoms with E-state index in [4.69, 9.17) is 5.11 Å². The van der Waals surface area contributed by atoms with Gasteiger partial charge in [-0.25, -0.2) is 0 Å². The normalized spacial score (nSPS) is 9.60. The zero-order valence-electron chi connectivity index (χ0n) is 7.84. The Morgan fingerprint density at radius 1 is 1.20 bits per heavy atom. The molecule has 0 aromatic carbocycles. The third-order valence-electron chi connectivity index (χ3n) is 1.72. The Balaban J connectivity index is 2.62. The van der Waals surface area contributed by atoms with Gasteiger partial charge in [0.05, 0.1) is 6.42 Å². The Bertz CT molecular complexity index is 386. The molecule has 1 aromatic heterocycles. The number of hydrogen-bond donors (Lipinski definition) is 1. The SMILES string of the molecule is O=C(O)CCC(=O)C(=O)c1ccccn1. The number of carboxylic acid groups (broad SMARTS) is 1. The molecule has 0 saturated heterocycles. The lowest BCUT2D eigenvalue weighted by molar-refractivity contribution is -0.138. The highest BCUT2D eigenvalue weighted by Crippen LogP contribution is 2.00. The maximum Gasteiger partial charge on any atom is 0.303 e. The van der Waals surface area contributed by atoms with Gasteiger partial charge in [-0.15, -0.1) is 0 Å². The standard InChI is InChI=1S/C10H9NO4/c12-8(4-5-9(13)14)10(15)7-3-1-2-6-11-7/h1-3,6H,4-5H2,(H,13,14). The zero-order valence-corrected chi connectivity index (χ0v) is 7.84. The number of pyridine rings is 1. The van der Waals surface area contributed by atoms with E-state index >= 15 is 0 Å². The summed E-state index contributed by atoms with van der Waals surface area (Å²) in [4.78, 5) is 36.4. The fraction of sp³-hybridized carbons (Fsp3) is 0.200. The second-order valence-electron chi connectivity index (χ2n) is 2.86. The molecule has 1 rings (SSSR count). The molecule has 5 heteroatoms. The van der Waals surface area contributed by atoms with E-state index in [1.807, 2.05) is 0 Å². The second kappa shape index (κ2) is 4.99. The molecule has 0 spiro atoms. The van der Waals surface area contributed by atoms with E-state index in [0.29, 0.717) is 0 Å². The van der Waals surface area contributed by atoms with Crippen molar-refractivity contribution in [2.75, 3.05) is 0 Å². The molecule has 0 amide bonds. The number of ketones is 2. The number of rotatable bonds is 5. The van der Waals surface area contributed by atoms with Crippen LogP contribution in [0.4, 0.5) is 0 Å². The molecule has 15 heavy (non-hydrogen) atoms. The average Bonchev–Trinajstić information content (AvgIpc) is 2.26. The molecule has 78 valence electrons. The molecular weight excluding hydrogens is 198 g/mol. The topological polar surface area (TPSA) is 84.3 Å². The predicted molar refractivity (Wildman–Crippen MR) is 50.4 cm³/mol. The Labute approximate surface area is 85.8 Å². The van der Waals surface area contributed by atoms with Crippen LogP contribution in [-0.2, 0) is 9.59 Å². The van der Waals surface area contributed by atoms with Crippen molar-refractivity contribution in [1.82, 2.24) is 4.98 Å². The summed E-state index contributed by atoms with van der Waals surface area (Å²) in [6.45, 7) is 0. The molecule has 0 fully saturated rings. The number of aromatic nitrogens is 1. The van der Waals surface area contributed by atoms with Gasteiger partial charge in [0.15, 0.2) is 0 Å². The van der Waals surface area contributed by atoms with Crippen molar-refractivity contribution in [2.24, 2.45) is 0 Å². The van der Waals surface area contributed by atoms with E-state index in [1.165, 1.54) is 12.3 Å². The summed E-state index contributed by atoms with van der Waals surface area (Å²) < 4.78 is 0. The Morgan fingerprint density at radius 2 is 1.93 bits per heavy atom. The fourth-order valence-electron chi connectivity index (χ4n) is 0.974. The number of carbonyl (C=O) groups excluding carboxylic acids is 2. The molecular formula is C10H9NO4. The van der Waals surface area contributed by atoms with Gasteiger partial charge in [-0.3, -0.25) is 19.4 Å². The number of aliphatic carboxylic acids is 1. The van der Waals surface area contributed by atoms with Crippen molar-refractivity contribution in [3.8, 4) is 0 Å².